The second-order valence-electron chi connectivity index (χ2n) is 6.07. The second-order valence-corrected chi connectivity index (χ2v) is 6.51. The lowest BCUT2D eigenvalue weighted by atomic mass is 9.98. The number of benzene rings is 1. The summed E-state index contributed by atoms with van der Waals surface area (Å²) in [5.74, 6) is 0.182. The smallest absolute Gasteiger partial charge is 0.324 e. The van der Waals surface area contributed by atoms with Gasteiger partial charge in [0.1, 0.15) is 0 Å². The van der Waals surface area contributed by atoms with Gasteiger partial charge in [-0.1, -0.05) is 18.5 Å². The zero-order valence-electron chi connectivity index (χ0n) is 13.1. The van der Waals surface area contributed by atoms with E-state index in [-0.39, 0.29) is 10.7 Å². The molecular weight excluding hydrogens is 329 g/mol. The molecule has 2 rings (SSSR count). The highest BCUT2D eigenvalue weighted by Crippen LogP contribution is 2.36. The van der Waals surface area contributed by atoms with Crippen molar-refractivity contribution in [3.63, 3.8) is 0 Å². The minimum absolute atomic E-state index is 0.0200. The molecule has 0 aliphatic carbocycles. The van der Waals surface area contributed by atoms with Crippen molar-refractivity contribution in [2.24, 2.45) is 5.92 Å². The fourth-order valence-electron chi connectivity index (χ4n) is 2.68. The van der Waals surface area contributed by atoms with E-state index in [0.29, 0.717) is 5.92 Å². The number of halogens is 4. The second kappa shape index (κ2) is 7.09. The topological polar surface area (TPSA) is 32.3 Å². The van der Waals surface area contributed by atoms with Crippen molar-refractivity contribution in [1.29, 1.82) is 0 Å². The van der Waals surface area contributed by atoms with E-state index >= 15 is 0 Å². The molecule has 0 bridgehead atoms. The molecule has 3 nitrogen and oxygen atoms in total. The fraction of sp³-hybridized carbons (Fsp3) is 0.562. The number of nitrogens with zero attached hydrogens (tertiary/aromatic N) is 1. The Hall–Kier alpha value is -1.27. The molecule has 0 saturated carbocycles. The number of amides is 1. The summed E-state index contributed by atoms with van der Waals surface area (Å²) in [4.78, 5) is 14.3. The lowest BCUT2D eigenvalue weighted by Crippen LogP contribution is -2.45. The highest BCUT2D eigenvalue weighted by atomic mass is 35.5. The quantitative estimate of drug-likeness (QED) is 0.877. The van der Waals surface area contributed by atoms with Crippen LogP contribution in [0.3, 0.4) is 0 Å². The normalized spacial score (nSPS) is 18.7. The number of carbonyl (C=O) groups excluding carboxylic acids is 1. The first-order valence-corrected chi connectivity index (χ1v) is 7.98. The molecule has 1 aliphatic heterocycles. The molecule has 128 valence electrons. The third-order valence-electron chi connectivity index (χ3n) is 4.29. The standard InChI is InChI=1S/C16H20ClF3N2O/c1-10-5-7-22(8-6-10)11(2)15(23)21-14-4-3-12(17)9-13(14)16(18,19)20/h3-4,9-11H,5-8H2,1-2H3,(H,21,23)/t11-/m0/s1. The van der Waals surface area contributed by atoms with E-state index in [1.165, 1.54) is 12.1 Å². The summed E-state index contributed by atoms with van der Waals surface area (Å²) in [6.07, 6.45) is -2.59. The van der Waals surface area contributed by atoms with Gasteiger partial charge in [-0.15, -0.1) is 0 Å². The summed E-state index contributed by atoms with van der Waals surface area (Å²) in [6, 6.07) is 2.87. The highest BCUT2D eigenvalue weighted by Gasteiger charge is 2.35. The maximum absolute atomic E-state index is 13.1. The summed E-state index contributed by atoms with van der Waals surface area (Å²) < 4.78 is 39.2. The Bertz CT molecular complexity index is 569. The van der Waals surface area contributed by atoms with Crippen molar-refractivity contribution < 1.29 is 18.0 Å². The van der Waals surface area contributed by atoms with Gasteiger partial charge in [-0.3, -0.25) is 9.69 Å². The van der Waals surface area contributed by atoms with Crippen LogP contribution in [0, 0.1) is 5.92 Å². The number of anilines is 1. The minimum Gasteiger partial charge on any atom is -0.324 e. The van der Waals surface area contributed by atoms with E-state index in [2.05, 4.69) is 12.2 Å². The van der Waals surface area contributed by atoms with E-state index in [4.69, 9.17) is 11.6 Å². The predicted molar refractivity (Wildman–Crippen MR) is 84.5 cm³/mol. The number of hydrogen-bond acceptors (Lipinski definition) is 2. The van der Waals surface area contributed by atoms with Gasteiger partial charge in [0.15, 0.2) is 0 Å². The van der Waals surface area contributed by atoms with Gasteiger partial charge in [0, 0.05) is 5.02 Å². The first-order valence-electron chi connectivity index (χ1n) is 7.60. The molecule has 0 spiro atoms. The molecule has 23 heavy (non-hydrogen) atoms. The largest absolute Gasteiger partial charge is 0.418 e. The Labute approximate surface area is 138 Å². The van der Waals surface area contributed by atoms with Crippen molar-refractivity contribution in [2.45, 2.75) is 38.9 Å². The zero-order chi connectivity index (χ0) is 17.2. The van der Waals surface area contributed by atoms with Crippen LogP contribution in [0.5, 0.6) is 0 Å². The highest BCUT2D eigenvalue weighted by molar-refractivity contribution is 6.30. The summed E-state index contributed by atoms with van der Waals surface area (Å²) in [5, 5.41) is 2.37. The van der Waals surface area contributed by atoms with Gasteiger partial charge in [-0.05, 0) is 57.0 Å². The van der Waals surface area contributed by atoms with E-state index in [1.807, 2.05) is 4.90 Å². The Morgan fingerprint density at radius 3 is 2.52 bits per heavy atom. The molecule has 7 heteroatoms. The Morgan fingerprint density at radius 2 is 1.96 bits per heavy atom. The Morgan fingerprint density at radius 1 is 1.35 bits per heavy atom. The van der Waals surface area contributed by atoms with Crippen LogP contribution in [-0.2, 0) is 11.0 Å². The maximum Gasteiger partial charge on any atom is 0.418 e. The predicted octanol–water partition coefficient (Wildman–Crippen LogP) is 4.42. The van der Waals surface area contributed by atoms with Crippen molar-refractivity contribution in [1.82, 2.24) is 4.90 Å². The van der Waals surface area contributed by atoms with Crippen LogP contribution < -0.4 is 5.32 Å². The average Bonchev–Trinajstić information content (AvgIpc) is 2.48. The molecular formula is C16H20ClF3N2O. The molecule has 1 atom stereocenters. The van der Waals surface area contributed by atoms with Crippen LogP contribution >= 0.6 is 11.6 Å². The van der Waals surface area contributed by atoms with Crippen molar-refractivity contribution in [3.8, 4) is 0 Å². The van der Waals surface area contributed by atoms with Gasteiger partial charge in [0.25, 0.3) is 0 Å². The van der Waals surface area contributed by atoms with E-state index in [1.54, 1.807) is 6.92 Å². The monoisotopic (exact) mass is 348 g/mol. The maximum atomic E-state index is 13.1. The molecule has 1 aliphatic rings. The van der Waals surface area contributed by atoms with E-state index in [0.717, 1.165) is 32.0 Å². The lowest BCUT2D eigenvalue weighted by molar-refractivity contribution is -0.137. The molecule has 0 unspecified atom stereocenters. The molecule has 1 aromatic carbocycles. The molecule has 1 N–H and O–H groups in total. The van der Waals surface area contributed by atoms with Crippen LogP contribution in [0.1, 0.15) is 32.3 Å². The van der Waals surface area contributed by atoms with Crippen LogP contribution in [0.25, 0.3) is 0 Å². The average molecular weight is 349 g/mol. The third-order valence-corrected chi connectivity index (χ3v) is 4.53. The van der Waals surface area contributed by atoms with Gasteiger partial charge in [0.05, 0.1) is 17.3 Å². The minimum atomic E-state index is -4.57. The van der Waals surface area contributed by atoms with Gasteiger partial charge < -0.3 is 5.32 Å². The Balaban J connectivity index is 2.11. The number of likely N-dealkylation sites (tertiary alicyclic amines) is 1. The molecule has 0 radical (unpaired) electrons. The number of nitrogens with one attached hydrogen (secondary N) is 1. The summed E-state index contributed by atoms with van der Waals surface area (Å²) >= 11 is 5.64. The van der Waals surface area contributed by atoms with Crippen LogP contribution in [0.15, 0.2) is 18.2 Å². The van der Waals surface area contributed by atoms with Crippen LogP contribution in [0.2, 0.25) is 5.02 Å². The number of rotatable bonds is 3. The van der Waals surface area contributed by atoms with Gasteiger partial charge in [-0.2, -0.15) is 13.2 Å². The first-order chi connectivity index (χ1) is 10.7. The first kappa shape index (κ1) is 18.1. The molecule has 1 aromatic rings. The van der Waals surface area contributed by atoms with E-state index < -0.39 is 23.7 Å². The number of carbonyl (C=O) groups is 1. The third kappa shape index (κ3) is 4.61. The van der Waals surface area contributed by atoms with Crippen molar-refractivity contribution >= 4 is 23.2 Å². The number of hydrogen-bond donors (Lipinski definition) is 1. The van der Waals surface area contributed by atoms with Gasteiger partial charge >= 0.3 is 6.18 Å². The number of alkyl halides is 3. The van der Waals surface area contributed by atoms with Crippen LogP contribution in [0.4, 0.5) is 18.9 Å². The van der Waals surface area contributed by atoms with Crippen LogP contribution in [-0.4, -0.2) is 29.9 Å². The molecule has 1 saturated heterocycles. The summed E-state index contributed by atoms with van der Waals surface area (Å²) in [6.45, 7) is 5.44. The van der Waals surface area contributed by atoms with Crippen molar-refractivity contribution in [3.05, 3.63) is 28.8 Å². The summed E-state index contributed by atoms with van der Waals surface area (Å²) in [7, 11) is 0. The SMILES string of the molecule is CC1CCN([C@@H](C)C(=O)Nc2ccc(Cl)cc2C(F)(F)F)CC1. The molecule has 1 heterocycles. The molecule has 0 aromatic heterocycles. The lowest BCUT2D eigenvalue weighted by Gasteiger charge is -2.34. The van der Waals surface area contributed by atoms with Gasteiger partial charge in [0.2, 0.25) is 5.91 Å². The summed E-state index contributed by atoms with van der Waals surface area (Å²) in [5.41, 5.74) is -1.19. The molecule has 1 fully saturated rings. The fourth-order valence-corrected chi connectivity index (χ4v) is 2.85. The zero-order valence-corrected chi connectivity index (χ0v) is 13.8. The van der Waals surface area contributed by atoms with Gasteiger partial charge in [-0.25, -0.2) is 0 Å². The molecule has 1 amide bonds. The van der Waals surface area contributed by atoms with E-state index in [9.17, 15) is 18.0 Å². The number of piperidine rings is 1. The van der Waals surface area contributed by atoms with Crippen molar-refractivity contribution in [2.75, 3.05) is 18.4 Å². The Kier molecular flexibility index (Phi) is 5.57.